The quantitative estimate of drug-likeness (QED) is 0.752. The molecule has 0 bridgehead atoms. The van der Waals surface area contributed by atoms with Gasteiger partial charge in [-0.15, -0.1) is 0 Å². The smallest absolute Gasteiger partial charge is 0.305 e. The number of ether oxygens (including phenoxy) is 2. The van der Waals surface area contributed by atoms with Crippen molar-refractivity contribution in [3.05, 3.63) is 24.3 Å². The van der Waals surface area contributed by atoms with Gasteiger partial charge in [0.05, 0.1) is 13.5 Å². The van der Waals surface area contributed by atoms with E-state index >= 15 is 0 Å². The fourth-order valence-electron chi connectivity index (χ4n) is 2.07. The molecule has 6 nitrogen and oxygen atoms in total. The summed E-state index contributed by atoms with van der Waals surface area (Å²) in [6.07, 6.45) is 2.17. The number of hydrogen-bond acceptors (Lipinski definition) is 4. The van der Waals surface area contributed by atoms with Crippen molar-refractivity contribution in [3.8, 4) is 11.5 Å². The molecule has 6 heteroatoms. The molecule has 1 aromatic rings. The first-order valence-electron chi connectivity index (χ1n) is 7.35. The highest BCUT2D eigenvalue weighted by Gasteiger charge is 2.27. The summed E-state index contributed by atoms with van der Waals surface area (Å²) in [4.78, 5) is 24.5. The van der Waals surface area contributed by atoms with Gasteiger partial charge in [0.2, 0.25) is 0 Å². The average molecular weight is 307 g/mol. The second-order valence-corrected chi connectivity index (χ2v) is 5.39. The van der Waals surface area contributed by atoms with Crippen LogP contribution in [0.2, 0.25) is 0 Å². The maximum absolute atomic E-state index is 12.2. The van der Waals surface area contributed by atoms with Crippen molar-refractivity contribution < 1.29 is 24.2 Å². The van der Waals surface area contributed by atoms with Gasteiger partial charge in [-0.2, -0.15) is 0 Å². The molecule has 0 saturated heterocycles. The maximum Gasteiger partial charge on any atom is 0.305 e. The standard InChI is InChI=1S/C16H21NO5/c1-21-13-4-6-14(7-5-13)22-11-15(18)17(9-8-16(19)20)10-12-2-3-12/h4-7,12H,2-3,8-11H2,1H3,(H,19,20). The lowest BCUT2D eigenvalue weighted by molar-refractivity contribution is -0.139. The first-order chi connectivity index (χ1) is 10.6. The number of carboxylic acid groups (broad SMARTS) is 1. The van der Waals surface area contributed by atoms with Crippen molar-refractivity contribution in [1.82, 2.24) is 4.90 Å². The Hall–Kier alpha value is -2.24. The number of nitrogens with zero attached hydrogens (tertiary/aromatic N) is 1. The van der Waals surface area contributed by atoms with Crippen LogP contribution >= 0.6 is 0 Å². The highest BCUT2D eigenvalue weighted by molar-refractivity contribution is 5.78. The van der Waals surface area contributed by atoms with Crippen LogP contribution in [0.5, 0.6) is 11.5 Å². The SMILES string of the molecule is COc1ccc(OCC(=O)N(CCC(=O)O)CC2CC2)cc1. The number of carbonyl (C=O) groups excluding carboxylic acids is 1. The monoisotopic (exact) mass is 307 g/mol. The largest absolute Gasteiger partial charge is 0.497 e. The predicted molar refractivity (Wildman–Crippen MR) is 80.0 cm³/mol. The van der Waals surface area contributed by atoms with Gasteiger partial charge >= 0.3 is 5.97 Å². The molecule has 120 valence electrons. The fraction of sp³-hybridized carbons (Fsp3) is 0.500. The molecule has 0 atom stereocenters. The van der Waals surface area contributed by atoms with Gasteiger partial charge in [-0.3, -0.25) is 9.59 Å². The summed E-state index contributed by atoms with van der Waals surface area (Å²) in [6.45, 7) is 0.771. The van der Waals surface area contributed by atoms with E-state index < -0.39 is 5.97 Å². The molecular weight excluding hydrogens is 286 g/mol. The van der Waals surface area contributed by atoms with E-state index in [2.05, 4.69) is 0 Å². The van der Waals surface area contributed by atoms with Gasteiger partial charge in [-0.05, 0) is 43.0 Å². The number of rotatable bonds is 9. The van der Waals surface area contributed by atoms with Crippen molar-refractivity contribution in [2.24, 2.45) is 5.92 Å². The third kappa shape index (κ3) is 5.27. The zero-order valence-electron chi connectivity index (χ0n) is 12.7. The van der Waals surface area contributed by atoms with Gasteiger partial charge in [-0.25, -0.2) is 0 Å². The third-order valence-corrected chi connectivity index (χ3v) is 3.55. The minimum atomic E-state index is -0.898. The molecule has 2 rings (SSSR count). The molecule has 0 aliphatic heterocycles. The van der Waals surface area contributed by atoms with Crippen molar-refractivity contribution in [1.29, 1.82) is 0 Å². The number of carboxylic acids is 1. The van der Waals surface area contributed by atoms with Crippen LogP contribution in [0.15, 0.2) is 24.3 Å². The molecule has 1 aromatic carbocycles. The number of aliphatic carboxylic acids is 1. The Kier molecular flexibility index (Phi) is 5.63. The van der Waals surface area contributed by atoms with Crippen molar-refractivity contribution in [3.63, 3.8) is 0 Å². The first-order valence-corrected chi connectivity index (χ1v) is 7.35. The van der Waals surface area contributed by atoms with E-state index in [9.17, 15) is 9.59 Å². The third-order valence-electron chi connectivity index (χ3n) is 3.55. The second kappa shape index (κ2) is 7.68. The predicted octanol–water partition coefficient (Wildman–Crippen LogP) is 1.79. The van der Waals surface area contributed by atoms with E-state index in [1.165, 1.54) is 0 Å². The molecule has 1 aliphatic rings. The summed E-state index contributed by atoms with van der Waals surface area (Å²) in [7, 11) is 1.58. The zero-order valence-corrected chi connectivity index (χ0v) is 12.7. The van der Waals surface area contributed by atoms with Gasteiger partial charge in [0.25, 0.3) is 5.91 Å². The van der Waals surface area contributed by atoms with Crippen LogP contribution in [0.1, 0.15) is 19.3 Å². The fourth-order valence-corrected chi connectivity index (χ4v) is 2.07. The van der Waals surface area contributed by atoms with Gasteiger partial charge in [0.15, 0.2) is 6.61 Å². The highest BCUT2D eigenvalue weighted by Crippen LogP contribution is 2.29. The summed E-state index contributed by atoms with van der Waals surface area (Å²) in [6, 6.07) is 6.97. The van der Waals surface area contributed by atoms with E-state index in [0.717, 1.165) is 18.6 Å². The Balaban J connectivity index is 1.84. The minimum Gasteiger partial charge on any atom is -0.497 e. The van der Waals surface area contributed by atoms with Gasteiger partial charge in [-0.1, -0.05) is 0 Å². The number of amides is 1. The van der Waals surface area contributed by atoms with Crippen molar-refractivity contribution in [2.75, 3.05) is 26.8 Å². The lowest BCUT2D eigenvalue weighted by atomic mass is 10.3. The molecular formula is C16H21NO5. The lowest BCUT2D eigenvalue weighted by Crippen LogP contribution is -2.38. The topological polar surface area (TPSA) is 76.1 Å². The van der Waals surface area contributed by atoms with E-state index in [4.69, 9.17) is 14.6 Å². The molecule has 1 amide bonds. The van der Waals surface area contributed by atoms with Crippen molar-refractivity contribution in [2.45, 2.75) is 19.3 Å². The van der Waals surface area contributed by atoms with Crippen LogP contribution < -0.4 is 9.47 Å². The summed E-state index contributed by atoms with van der Waals surface area (Å²) < 4.78 is 10.5. The highest BCUT2D eigenvalue weighted by atomic mass is 16.5. The second-order valence-electron chi connectivity index (χ2n) is 5.39. The van der Waals surface area contributed by atoms with Gasteiger partial charge in [0.1, 0.15) is 11.5 Å². The first kappa shape index (κ1) is 16.1. The Morgan fingerprint density at radius 3 is 2.41 bits per heavy atom. The summed E-state index contributed by atoms with van der Waals surface area (Å²) in [5.41, 5.74) is 0. The molecule has 0 aromatic heterocycles. The molecule has 1 N–H and O–H groups in total. The summed E-state index contributed by atoms with van der Waals surface area (Å²) in [5.74, 6) is 0.738. The number of methoxy groups -OCH3 is 1. The Morgan fingerprint density at radius 2 is 1.86 bits per heavy atom. The molecule has 22 heavy (non-hydrogen) atoms. The van der Waals surface area contributed by atoms with E-state index in [0.29, 0.717) is 18.2 Å². The molecule has 1 aliphatic carbocycles. The van der Waals surface area contributed by atoms with Gasteiger partial charge in [0, 0.05) is 13.1 Å². The van der Waals surface area contributed by atoms with Crippen LogP contribution in [-0.2, 0) is 9.59 Å². The molecule has 0 radical (unpaired) electrons. The molecule has 1 fully saturated rings. The molecule has 1 saturated carbocycles. The normalized spacial score (nSPS) is 13.5. The average Bonchev–Trinajstić information content (AvgIpc) is 3.33. The van der Waals surface area contributed by atoms with E-state index in [1.54, 1.807) is 36.3 Å². The van der Waals surface area contributed by atoms with Crippen LogP contribution in [0.4, 0.5) is 0 Å². The van der Waals surface area contributed by atoms with Gasteiger partial charge < -0.3 is 19.5 Å². The van der Waals surface area contributed by atoms with Crippen LogP contribution in [0.25, 0.3) is 0 Å². The van der Waals surface area contributed by atoms with E-state index in [1.807, 2.05) is 0 Å². The van der Waals surface area contributed by atoms with Crippen LogP contribution in [-0.4, -0.2) is 48.7 Å². The minimum absolute atomic E-state index is 0.0407. The molecule has 0 heterocycles. The zero-order chi connectivity index (χ0) is 15.9. The number of carbonyl (C=O) groups is 2. The van der Waals surface area contributed by atoms with Crippen LogP contribution in [0, 0.1) is 5.92 Å². The van der Waals surface area contributed by atoms with Crippen LogP contribution in [0.3, 0.4) is 0 Å². The molecule has 0 unspecified atom stereocenters. The summed E-state index contributed by atoms with van der Waals surface area (Å²) in [5, 5.41) is 8.77. The maximum atomic E-state index is 12.2. The Bertz CT molecular complexity index is 510. The Morgan fingerprint density at radius 1 is 1.23 bits per heavy atom. The molecule has 0 spiro atoms. The lowest BCUT2D eigenvalue weighted by Gasteiger charge is -2.22. The van der Waals surface area contributed by atoms with E-state index in [-0.39, 0.29) is 25.5 Å². The summed E-state index contributed by atoms with van der Waals surface area (Å²) >= 11 is 0. The number of benzene rings is 1. The van der Waals surface area contributed by atoms with Crippen molar-refractivity contribution >= 4 is 11.9 Å². The number of hydrogen-bond donors (Lipinski definition) is 1. The Labute approximate surface area is 129 Å².